The van der Waals surface area contributed by atoms with Crippen molar-refractivity contribution >= 4 is 34.0 Å². The highest BCUT2D eigenvalue weighted by atomic mass is 35.5. The highest BCUT2D eigenvalue weighted by molar-refractivity contribution is 7.92. The maximum Gasteiger partial charge on any atom is 0.261 e. The molecule has 0 heterocycles. The highest BCUT2D eigenvalue weighted by Crippen LogP contribution is 2.18. The molecule has 26 heavy (non-hydrogen) atoms. The molecule has 8 heteroatoms. The number of hydrogen-bond acceptors (Lipinski definition) is 4. The van der Waals surface area contributed by atoms with Crippen LogP contribution in [0, 0.1) is 6.92 Å². The molecule has 0 saturated heterocycles. The number of sulfonamides is 1. The minimum Gasteiger partial charge on any atom is -0.340 e. The molecule has 0 radical (unpaired) electrons. The Bertz CT molecular complexity index is 839. The van der Waals surface area contributed by atoms with Gasteiger partial charge in [0.05, 0.1) is 4.90 Å². The molecule has 0 aromatic heterocycles. The van der Waals surface area contributed by atoms with Gasteiger partial charge in [0.2, 0.25) is 0 Å². The number of rotatable bonds is 7. The van der Waals surface area contributed by atoms with Crippen LogP contribution in [0.2, 0.25) is 0 Å². The normalized spacial score (nSPS) is 10.7. The molecule has 0 aliphatic rings. The zero-order valence-electron chi connectivity index (χ0n) is 15.0. The second kappa shape index (κ2) is 9.56. The van der Waals surface area contributed by atoms with Crippen LogP contribution in [0.1, 0.15) is 15.9 Å². The van der Waals surface area contributed by atoms with Crippen LogP contribution in [0.4, 0.5) is 5.69 Å². The van der Waals surface area contributed by atoms with Gasteiger partial charge in [-0.25, -0.2) is 8.42 Å². The monoisotopic (exact) mass is 397 g/mol. The van der Waals surface area contributed by atoms with Gasteiger partial charge in [-0.15, -0.1) is 12.4 Å². The van der Waals surface area contributed by atoms with Gasteiger partial charge < -0.3 is 10.2 Å². The number of aryl methyl sites for hydroxylation is 1. The van der Waals surface area contributed by atoms with Gasteiger partial charge in [0.1, 0.15) is 0 Å². The standard InChI is InChI=1S/C18H23N3O3S.ClH/c1-14-7-9-16(10-8-14)20-25(23,24)17-6-4-5-15(13-17)18(22)21(3)12-11-19-2;/h4-10,13,19-20H,11-12H2,1-3H3;1H. The lowest BCUT2D eigenvalue weighted by Gasteiger charge is -2.17. The lowest BCUT2D eigenvalue weighted by Crippen LogP contribution is -2.32. The Hall–Kier alpha value is -2.09. The van der Waals surface area contributed by atoms with E-state index in [1.807, 2.05) is 26.1 Å². The molecule has 0 unspecified atom stereocenters. The fraction of sp³-hybridized carbons (Fsp3) is 0.278. The van der Waals surface area contributed by atoms with E-state index < -0.39 is 10.0 Å². The molecule has 2 N–H and O–H groups in total. The number of amides is 1. The van der Waals surface area contributed by atoms with Gasteiger partial charge in [0.25, 0.3) is 15.9 Å². The average molecular weight is 398 g/mol. The fourth-order valence-electron chi connectivity index (χ4n) is 2.23. The molecule has 0 saturated carbocycles. The zero-order chi connectivity index (χ0) is 18.4. The van der Waals surface area contributed by atoms with E-state index >= 15 is 0 Å². The molecule has 0 fully saturated rings. The van der Waals surface area contributed by atoms with Crippen molar-refractivity contribution in [3.8, 4) is 0 Å². The summed E-state index contributed by atoms with van der Waals surface area (Å²) in [5, 5.41) is 2.97. The van der Waals surface area contributed by atoms with Crippen LogP contribution in [0.25, 0.3) is 0 Å². The van der Waals surface area contributed by atoms with Gasteiger partial charge in [-0.2, -0.15) is 0 Å². The Morgan fingerprint density at radius 2 is 1.77 bits per heavy atom. The average Bonchev–Trinajstić information content (AvgIpc) is 2.61. The topological polar surface area (TPSA) is 78.5 Å². The third-order valence-electron chi connectivity index (χ3n) is 3.74. The first-order valence-corrected chi connectivity index (χ1v) is 9.41. The number of carbonyl (C=O) groups is 1. The number of benzene rings is 2. The van der Waals surface area contributed by atoms with E-state index in [0.717, 1.165) is 5.56 Å². The first kappa shape index (κ1) is 22.0. The van der Waals surface area contributed by atoms with Crippen LogP contribution < -0.4 is 10.0 Å². The van der Waals surface area contributed by atoms with Crippen molar-refractivity contribution in [1.29, 1.82) is 0 Å². The summed E-state index contributed by atoms with van der Waals surface area (Å²) in [4.78, 5) is 14.0. The molecule has 0 spiro atoms. The van der Waals surface area contributed by atoms with Gasteiger partial charge in [-0.1, -0.05) is 23.8 Å². The molecule has 0 bridgehead atoms. The van der Waals surface area contributed by atoms with Crippen LogP contribution in [-0.2, 0) is 10.0 Å². The van der Waals surface area contributed by atoms with Crippen molar-refractivity contribution in [3.05, 3.63) is 59.7 Å². The lowest BCUT2D eigenvalue weighted by molar-refractivity contribution is 0.0796. The van der Waals surface area contributed by atoms with E-state index in [4.69, 9.17) is 0 Å². The van der Waals surface area contributed by atoms with Crippen LogP contribution in [0.3, 0.4) is 0 Å². The smallest absolute Gasteiger partial charge is 0.261 e. The Kier molecular flexibility index (Phi) is 8.08. The summed E-state index contributed by atoms with van der Waals surface area (Å²) in [6, 6.07) is 13.1. The summed E-state index contributed by atoms with van der Waals surface area (Å²) in [5.41, 5.74) is 1.86. The number of halogens is 1. The van der Waals surface area contributed by atoms with E-state index in [1.54, 1.807) is 36.2 Å². The molecule has 0 atom stereocenters. The summed E-state index contributed by atoms with van der Waals surface area (Å²) in [7, 11) is -0.264. The van der Waals surface area contributed by atoms with Crippen molar-refractivity contribution in [2.45, 2.75) is 11.8 Å². The van der Waals surface area contributed by atoms with E-state index in [-0.39, 0.29) is 23.2 Å². The van der Waals surface area contributed by atoms with Gasteiger partial charge in [0, 0.05) is 31.4 Å². The summed E-state index contributed by atoms with van der Waals surface area (Å²) in [6.07, 6.45) is 0. The first-order valence-electron chi connectivity index (χ1n) is 7.93. The predicted molar refractivity (Wildman–Crippen MR) is 107 cm³/mol. The van der Waals surface area contributed by atoms with E-state index in [0.29, 0.717) is 24.3 Å². The number of nitrogens with zero attached hydrogens (tertiary/aromatic N) is 1. The Balaban J connectivity index is 0.00000338. The molecule has 2 rings (SSSR count). The van der Waals surface area contributed by atoms with Crippen molar-refractivity contribution in [3.63, 3.8) is 0 Å². The summed E-state index contributed by atoms with van der Waals surface area (Å²) in [5.74, 6) is -0.220. The number of anilines is 1. The number of hydrogen-bond donors (Lipinski definition) is 2. The van der Waals surface area contributed by atoms with Gasteiger partial charge in [-0.3, -0.25) is 9.52 Å². The quantitative estimate of drug-likeness (QED) is 0.752. The summed E-state index contributed by atoms with van der Waals surface area (Å²) >= 11 is 0. The highest BCUT2D eigenvalue weighted by Gasteiger charge is 2.18. The van der Waals surface area contributed by atoms with Crippen LogP contribution in [-0.4, -0.2) is 46.4 Å². The zero-order valence-corrected chi connectivity index (χ0v) is 16.7. The van der Waals surface area contributed by atoms with Gasteiger partial charge in [0.15, 0.2) is 0 Å². The second-order valence-corrected chi connectivity index (χ2v) is 7.51. The molecular weight excluding hydrogens is 374 g/mol. The van der Waals surface area contributed by atoms with Gasteiger partial charge in [-0.05, 0) is 44.3 Å². The van der Waals surface area contributed by atoms with Crippen molar-refractivity contribution in [2.24, 2.45) is 0 Å². The Morgan fingerprint density at radius 3 is 2.38 bits per heavy atom. The van der Waals surface area contributed by atoms with E-state index in [2.05, 4.69) is 10.0 Å². The molecular formula is C18H24ClN3O3S. The summed E-state index contributed by atoms with van der Waals surface area (Å²) in [6.45, 7) is 3.13. The third-order valence-corrected chi connectivity index (χ3v) is 5.12. The molecule has 6 nitrogen and oxygen atoms in total. The summed E-state index contributed by atoms with van der Waals surface area (Å²) < 4.78 is 27.6. The Labute approximate surface area is 161 Å². The molecule has 0 aliphatic carbocycles. The number of carbonyl (C=O) groups excluding carboxylic acids is 1. The largest absolute Gasteiger partial charge is 0.340 e. The van der Waals surface area contributed by atoms with Crippen LogP contribution in [0.5, 0.6) is 0 Å². The van der Waals surface area contributed by atoms with Crippen molar-refractivity contribution in [2.75, 3.05) is 31.9 Å². The number of likely N-dealkylation sites (N-methyl/N-ethyl adjacent to an activating group) is 2. The molecule has 142 valence electrons. The minimum atomic E-state index is -3.76. The lowest BCUT2D eigenvalue weighted by atomic mass is 10.2. The number of nitrogens with one attached hydrogen (secondary N) is 2. The van der Waals surface area contributed by atoms with Gasteiger partial charge >= 0.3 is 0 Å². The second-order valence-electron chi connectivity index (χ2n) is 5.83. The molecule has 1 amide bonds. The van der Waals surface area contributed by atoms with E-state index in [1.165, 1.54) is 12.1 Å². The molecule has 2 aromatic rings. The molecule has 0 aliphatic heterocycles. The van der Waals surface area contributed by atoms with Crippen LogP contribution >= 0.6 is 12.4 Å². The van der Waals surface area contributed by atoms with Crippen molar-refractivity contribution < 1.29 is 13.2 Å². The minimum absolute atomic E-state index is 0. The maximum atomic E-state index is 12.6. The third kappa shape index (κ3) is 5.72. The van der Waals surface area contributed by atoms with Crippen LogP contribution in [0.15, 0.2) is 53.4 Å². The molecule has 2 aromatic carbocycles. The SMILES string of the molecule is CNCCN(C)C(=O)c1cccc(S(=O)(=O)Nc2ccc(C)cc2)c1.Cl. The first-order chi connectivity index (χ1) is 11.8. The van der Waals surface area contributed by atoms with Crippen molar-refractivity contribution in [1.82, 2.24) is 10.2 Å². The maximum absolute atomic E-state index is 12.6. The fourth-order valence-corrected chi connectivity index (χ4v) is 3.34. The van der Waals surface area contributed by atoms with E-state index in [9.17, 15) is 13.2 Å². The Morgan fingerprint density at radius 1 is 1.12 bits per heavy atom. The predicted octanol–water partition coefficient (Wildman–Crippen LogP) is 2.51.